The molecule has 1 heterocycles. The third kappa shape index (κ3) is 5.70. The molecule has 0 bridgehead atoms. The van der Waals surface area contributed by atoms with Gasteiger partial charge in [-0.15, -0.1) is 11.3 Å². The predicted octanol–water partition coefficient (Wildman–Crippen LogP) is 4.58. The monoisotopic (exact) mass is 390 g/mol. The Kier molecular flexibility index (Phi) is 6.83. The van der Waals surface area contributed by atoms with E-state index in [0.29, 0.717) is 24.4 Å². The lowest BCUT2D eigenvalue weighted by molar-refractivity contribution is -0.133. The number of benzene rings is 2. The fraction of sp³-hybridized carbons (Fsp3) is 0.217. The zero-order valence-electron chi connectivity index (χ0n) is 15.8. The molecular weight excluding hydrogens is 368 g/mol. The lowest BCUT2D eigenvalue weighted by atomic mass is 10.1. The molecule has 0 aliphatic carbocycles. The highest BCUT2D eigenvalue weighted by atomic mass is 32.1. The number of carbonyl (C=O) groups excluding carboxylic acids is 1. The van der Waals surface area contributed by atoms with Crippen LogP contribution in [0.5, 0.6) is 5.75 Å². The predicted molar refractivity (Wildman–Crippen MR) is 111 cm³/mol. The molecule has 28 heavy (non-hydrogen) atoms. The summed E-state index contributed by atoms with van der Waals surface area (Å²) < 4.78 is 5.65. The maximum atomic E-state index is 12.8. The first-order chi connectivity index (χ1) is 13.6. The second kappa shape index (κ2) is 9.72. The van der Waals surface area contributed by atoms with Crippen molar-refractivity contribution in [3.8, 4) is 11.8 Å². The molecule has 0 saturated carbocycles. The van der Waals surface area contributed by atoms with E-state index in [1.165, 1.54) is 10.4 Å². The second-order valence-electron chi connectivity index (χ2n) is 6.49. The summed E-state index contributed by atoms with van der Waals surface area (Å²) in [4.78, 5) is 17.1. The highest BCUT2D eigenvalue weighted by Crippen LogP contribution is 2.18. The summed E-state index contributed by atoms with van der Waals surface area (Å²) >= 11 is 1.70. The fourth-order valence-corrected chi connectivity index (χ4v) is 3.76. The van der Waals surface area contributed by atoms with Gasteiger partial charge in [0.15, 0.2) is 6.61 Å². The maximum absolute atomic E-state index is 12.8. The van der Waals surface area contributed by atoms with Gasteiger partial charge in [-0.05, 0) is 49.2 Å². The van der Waals surface area contributed by atoms with Gasteiger partial charge in [0.2, 0.25) is 0 Å². The van der Waals surface area contributed by atoms with E-state index < -0.39 is 0 Å². The first kappa shape index (κ1) is 19.7. The van der Waals surface area contributed by atoms with Crippen LogP contribution in [0.25, 0.3) is 0 Å². The molecule has 0 aliphatic rings. The zero-order valence-corrected chi connectivity index (χ0v) is 16.6. The van der Waals surface area contributed by atoms with Gasteiger partial charge in [-0.25, -0.2) is 0 Å². The van der Waals surface area contributed by atoms with Crippen molar-refractivity contribution in [3.63, 3.8) is 0 Å². The van der Waals surface area contributed by atoms with Gasteiger partial charge in [0, 0.05) is 16.3 Å². The number of nitriles is 1. The fourth-order valence-electron chi connectivity index (χ4n) is 2.85. The van der Waals surface area contributed by atoms with Gasteiger partial charge in [-0.1, -0.05) is 36.4 Å². The Hall–Kier alpha value is -3.10. The molecule has 0 atom stereocenters. The summed E-state index contributed by atoms with van der Waals surface area (Å²) in [5, 5.41) is 8.99. The maximum Gasteiger partial charge on any atom is 0.260 e. The van der Waals surface area contributed by atoms with Crippen molar-refractivity contribution in [2.24, 2.45) is 0 Å². The van der Waals surface area contributed by atoms with E-state index in [9.17, 15) is 4.79 Å². The molecule has 0 aliphatic heterocycles. The van der Waals surface area contributed by atoms with Crippen LogP contribution in [0.1, 0.15) is 20.9 Å². The number of carbonyl (C=O) groups is 1. The largest absolute Gasteiger partial charge is 0.484 e. The SMILES string of the molecule is Cc1ccc(CN(CCc2ccccc2)C(=O)COc2cccc(C#N)c2)s1. The average Bonchev–Trinajstić information content (AvgIpc) is 3.15. The Labute approximate surface area is 169 Å². The van der Waals surface area contributed by atoms with Gasteiger partial charge in [0.1, 0.15) is 5.75 Å². The van der Waals surface area contributed by atoms with Crippen molar-refractivity contribution in [1.29, 1.82) is 5.26 Å². The molecule has 3 rings (SSSR count). The molecule has 0 spiro atoms. The lowest BCUT2D eigenvalue weighted by Gasteiger charge is -2.22. The van der Waals surface area contributed by atoms with Crippen LogP contribution in [-0.4, -0.2) is 24.0 Å². The number of nitrogens with zero attached hydrogens (tertiary/aromatic N) is 2. The van der Waals surface area contributed by atoms with Crippen LogP contribution in [0.2, 0.25) is 0 Å². The minimum atomic E-state index is -0.0654. The quantitative estimate of drug-likeness (QED) is 0.566. The van der Waals surface area contributed by atoms with Crippen LogP contribution in [0.3, 0.4) is 0 Å². The standard InChI is InChI=1S/C23H22N2O2S/c1-18-10-11-22(28-18)16-25(13-12-19-6-3-2-4-7-19)23(26)17-27-21-9-5-8-20(14-21)15-24/h2-11,14H,12-13,16-17H2,1H3. The third-order valence-electron chi connectivity index (χ3n) is 4.33. The Morgan fingerprint density at radius 1 is 1.11 bits per heavy atom. The molecule has 1 amide bonds. The van der Waals surface area contributed by atoms with Gasteiger partial charge in [0.05, 0.1) is 18.2 Å². The molecule has 0 unspecified atom stereocenters. The average molecular weight is 391 g/mol. The third-order valence-corrected chi connectivity index (χ3v) is 5.32. The lowest BCUT2D eigenvalue weighted by Crippen LogP contribution is -2.35. The number of thiophene rings is 1. The van der Waals surface area contributed by atoms with Crippen LogP contribution < -0.4 is 4.74 Å². The number of amides is 1. The van der Waals surface area contributed by atoms with Crippen molar-refractivity contribution in [1.82, 2.24) is 4.90 Å². The van der Waals surface area contributed by atoms with E-state index in [-0.39, 0.29) is 12.5 Å². The normalized spacial score (nSPS) is 10.3. The van der Waals surface area contributed by atoms with Crippen LogP contribution >= 0.6 is 11.3 Å². The zero-order chi connectivity index (χ0) is 19.8. The topological polar surface area (TPSA) is 53.3 Å². The molecule has 1 aromatic heterocycles. The molecule has 0 N–H and O–H groups in total. The first-order valence-electron chi connectivity index (χ1n) is 9.14. The molecule has 5 heteroatoms. The Bertz CT molecular complexity index is 960. The summed E-state index contributed by atoms with van der Waals surface area (Å²) in [6, 6.07) is 23.2. The molecule has 0 saturated heterocycles. The molecule has 0 radical (unpaired) electrons. The van der Waals surface area contributed by atoms with Gasteiger partial charge < -0.3 is 9.64 Å². The number of ether oxygens (including phenoxy) is 1. The molecule has 0 fully saturated rings. The highest BCUT2D eigenvalue weighted by molar-refractivity contribution is 7.11. The van der Waals surface area contributed by atoms with Gasteiger partial charge in [-0.3, -0.25) is 4.79 Å². The summed E-state index contributed by atoms with van der Waals surface area (Å²) in [6.07, 6.45) is 0.793. The van der Waals surface area contributed by atoms with E-state index in [1.807, 2.05) is 23.1 Å². The smallest absolute Gasteiger partial charge is 0.260 e. The summed E-state index contributed by atoms with van der Waals surface area (Å²) in [6.45, 7) is 3.22. The highest BCUT2D eigenvalue weighted by Gasteiger charge is 2.16. The number of hydrogen-bond donors (Lipinski definition) is 0. The number of rotatable bonds is 8. The summed E-state index contributed by atoms with van der Waals surface area (Å²) in [7, 11) is 0. The van der Waals surface area contributed by atoms with E-state index in [1.54, 1.807) is 35.6 Å². The number of hydrogen-bond acceptors (Lipinski definition) is 4. The minimum Gasteiger partial charge on any atom is -0.484 e. The summed E-state index contributed by atoms with van der Waals surface area (Å²) in [5.74, 6) is 0.465. The molecule has 4 nitrogen and oxygen atoms in total. The Balaban J connectivity index is 1.65. The molecule has 3 aromatic rings. The van der Waals surface area contributed by atoms with Crippen molar-refractivity contribution in [2.45, 2.75) is 19.9 Å². The molecule has 2 aromatic carbocycles. The Morgan fingerprint density at radius 2 is 1.93 bits per heavy atom. The molecular formula is C23H22N2O2S. The van der Waals surface area contributed by atoms with Crippen molar-refractivity contribution in [3.05, 3.63) is 87.6 Å². The van der Waals surface area contributed by atoms with Crippen molar-refractivity contribution in [2.75, 3.05) is 13.2 Å². The first-order valence-corrected chi connectivity index (χ1v) is 9.95. The van der Waals surface area contributed by atoms with Crippen molar-refractivity contribution < 1.29 is 9.53 Å². The van der Waals surface area contributed by atoms with Gasteiger partial charge in [0.25, 0.3) is 5.91 Å². The summed E-state index contributed by atoms with van der Waals surface area (Å²) in [5.41, 5.74) is 1.71. The van der Waals surface area contributed by atoms with E-state index in [2.05, 4.69) is 37.3 Å². The van der Waals surface area contributed by atoms with Crippen LogP contribution in [-0.2, 0) is 17.8 Å². The van der Waals surface area contributed by atoms with E-state index in [0.717, 1.165) is 11.3 Å². The van der Waals surface area contributed by atoms with E-state index >= 15 is 0 Å². The van der Waals surface area contributed by atoms with Crippen LogP contribution in [0, 0.1) is 18.3 Å². The minimum absolute atomic E-state index is 0.0476. The second-order valence-corrected chi connectivity index (χ2v) is 7.86. The van der Waals surface area contributed by atoms with Crippen LogP contribution in [0.4, 0.5) is 0 Å². The number of aryl methyl sites for hydroxylation is 1. The van der Waals surface area contributed by atoms with Crippen LogP contribution in [0.15, 0.2) is 66.7 Å². The van der Waals surface area contributed by atoms with Gasteiger partial charge in [-0.2, -0.15) is 5.26 Å². The Morgan fingerprint density at radius 3 is 2.64 bits per heavy atom. The van der Waals surface area contributed by atoms with Crippen molar-refractivity contribution >= 4 is 17.2 Å². The van der Waals surface area contributed by atoms with E-state index in [4.69, 9.17) is 10.00 Å². The van der Waals surface area contributed by atoms with Gasteiger partial charge >= 0.3 is 0 Å². The molecule has 142 valence electrons.